The first-order chi connectivity index (χ1) is 27.1. The highest BCUT2D eigenvalue weighted by atomic mass is 14.5. The molecule has 0 saturated heterocycles. The van der Waals surface area contributed by atoms with E-state index in [-0.39, 0.29) is 12.1 Å². The van der Waals surface area contributed by atoms with Crippen molar-refractivity contribution in [1.82, 2.24) is 0 Å². The third-order valence-electron chi connectivity index (χ3n) is 12.6. The second-order valence-corrected chi connectivity index (χ2v) is 15.7. The predicted octanol–water partition coefficient (Wildman–Crippen LogP) is 11.6. The molecule has 0 N–H and O–H groups in total. The van der Waals surface area contributed by atoms with Crippen LogP contribution in [-0.2, 0) is 5.41 Å². The van der Waals surface area contributed by atoms with Crippen LogP contribution in [0.15, 0.2) is 194 Å². The number of allylic oxidation sites excluding steroid dienone is 4. The molecular formula is C54H43B. The van der Waals surface area contributed by atoms with Crippen molar-refractivity contribution in [2.45, 2.75) is 32.6 Å². The molecule has 0 nitrogen and oxygen atoms in total. The van der Waals surface area contributed by atoms with Crippen molar-refractivity contribution in [2.75, 3.05) is 0 Å². The first kappa shape index (κ1) is 33.4. The molecule has 55 heavy (non-hydrogen) atoms. The zero-order valence-electron chi connectivity index (χ0n) is 31.8. The fourth-order valence-electron chi connectivity index (χ4n) is 10.2. The van der Waals surface area contributed by atoms with Crippen molar-refractivity contribution < 1.29 is 0 Å². The Hall–Kier alpha value is -6.18. The number of hydrogen-bond acceptors (Lipinski definition) is 0. The van der Waals surface area contributed by atoms with Crippen molar-refractivity contribution >= 4 is 44.6 Å². The van der Waals surface area contributed by atoms with Gasteiger partial charge in [0.15, 0.2) is 0 Å². The number of rotatable bonds is 6. The minimum absolute atomic E-state index is 0.0321. The normalized spacial score (nSPS) is 17.2. The molecular weight excluding hydrogens is 659 g/mol. The van der Waals surface area contributed by atoms with Gasteiger partial charge in [0.2, 0.25) is 6.71 Å². The van der Waals surface area contributed by atoms with Crippen LogP contribution in [0.5, 0.6) is 0 Å². The standard InChI is InChI=1S/C54H43B/c1-36-17-7-13-28-48(36)54(42-21-5-4-6-22-42)49-29-14-12-26-47(49)51-44(27-16-30-50(51)54)41-20-15-23-43(35-41)55(52-37(2)31-33-39-18-8-10-24-45(39)52)53-38(3)32-34-40-19-9-11-25-46(40)53/h4-16,18-36H,17H2,1-3H3. The first-order valence-corrected chi connectivity index (χ1v) is 19.8. The maximum absolute atomic E-state index is 2.50. The molecule has 2 aliphatic carbocycles. The van der Waals surface area contributed by atoms with Gasteiger partial charge in [-0.05, 0) is 92.2 Å². The molecule has 2 unspecified atom stereocenters. The quantitative estimate of drug-likeness (QED) is 0.151. The van der Waals surface area contributed by atoms with Crippen molar-refractivity contribution in [3.63, 3.8) is 0 Å². The van der Waals surface area contributed by atoms with Gasteiger partial charge in [-0.15, -0.1) is 0 Å². The van der Waals surface area contributed by atoms with Crippen LogP contribution in [0.25, 0.3) is 43.8 Å². The lowest BCUT2D eigenvalue weighted by Gasteiger charge is -2.39. The lowest BCUT2D eigenvalue weighted by Crippen LogP contribution is -2.54. The van der Waals surface area contributed by atoms with Gasteiger partial charge in [0.05, 0.1) is 5.41 Å². The molecule has 0 bridgehead atoms. The number of benzene rings is 8. The molecule has 0 heterocycles. The van der Waals surface area contributed by atoms with Crippen LogP contribution in [0.3, 0.4) is 0 Å². The Morgan fingerprint density at radius 3 is 1.85 bits per heavy atom. The van der Waals surface area contributed by atoms with E-state index in [0.717, 1.165) is 6.42 Å². The highest BCUT2D eigenvalue weighted by molar-refractivity contribution is 6.98. The predicted molar refractivity (Wildman–Crippen MR) is 237 cm³/mol. The number of fused-ring (bicyclic) bond motifs is 5. The summed E-state index contributed by atoms with van der Waals surface area (Å²) in [6, 6.07) is 64.0. The van der Waals surface area contributed by atoms with Crippen LogP contribution in [0.1, 0.15) is 41.2 Å². The molecule has 2 atom stereocenters. The third-order valence-corrected chi connectivity index (χ3v) is 12.6. The minimum Gasteiger partial charge on any atom is -0.0840 e. The van der Waals surface area contributed by atoms with Gasteiger partial charge in [-0.25, -0.2) is 0 Å². The third kappa shape index (κ3) is 5.14. The maximum atomic E-state index is 2.50. The van der Waals surface area contributed by atoms with Crippen molar-refractivity contribution in [1.29, 1.82) is 0 Å². The van der Waals surface area contributed by atoms with Crippen molar-refractivity contribution in [3.05, 3.63) is 221 Å². The van der Waals surface area contributed by atoms with E-state index in [1.807, 2.05) is 0 Å². The Kier molecular flexibility index (Phi) is 8.07. The van der Waals surface area contributed by atoms with E-state index < -0.39 is 0 Å². The van der Waals surface area contributed by atoms with Gasteiger partial charge in [-0.2, -0.15) is 0 Å². The summed E-state index contributed by atoms with van der Waals surface area (Å²) in [7, 11) is 0. The molecule has 0 amide bonds. The zero-order chi connectivity index (χ0) is 37.1. The lowest BCUT2D eigenvalue weighted by molar-refractivity contribution is 0.576. The van der Waals surface area contributed by atoms with Crippen LogP contribution in [0.4, 0.5) is 0 Å². The summed E-state index contributed by atoms with van der Waals surface area (Å²) >= 11 is 0. The van der Waals surface area contributed by atoms with Crippen LogP contribution in [0, 0.1) is 19.8 Å². The maximum Gasteiger partial charge on any atom is 0.243 e. The van der Waals surface area contributed by atoms with E-state index in [0.29, 0.717) is 5.92 Å². The van der Waals surface area contributed by atoms with Gasteiger partial charge in [0.25, 0.3) is 0 Å². The van der Waals surface area contributed by atoms with Gasteiger partial charge >= 0.3 is 0 Å². The summed E-state index contributed by atoms with van der Waals surface area (Å²) in [6.45, 7) is 7.02. The van der Waals surface area contributed by atoms with Gasteiger partial charge in [0.1, 0.15) is 0 Å². The van der Waals surface area contributed by atoms with E-state index in [4.69, 9.17) is 0 Å². The molecule has 262 valence electrons. The molecule has 0 radical (unpaired) electrons. The highest BCUT2D eigenvalue weighted by Crippen LogP contribution is 2.60. The highest BCUT2D eigenvalue weighted by Gasteiger charge is 2.49. The molecule has 0 fully saturated rings. The van der Waals surface area contributed by atoms with Gasteiger partial charge in [0, 0.05) is 0 Å². The molecule has 8 aromatic carbocycles. The van der Waals surface area contributed by atoms with E-state index in [1.54, 1.807) is 0 Å². The molecule has 0 aromatic heterocycles. The fourth-order valence-corrected chi connectivity index (χ4v) is 10.2. The topological polar surface area (TPSA) is 0 Å². The number of hydrogen-bond donors (Lipinski definition) is 0. The summed E-state index contributed by atoms with van der Waals surface area (Å²) in [5.74, 6) is 0.407. The molecule has 0 aliphatic heterocycles. The smallest absolute Gasteiger partial charge is 0.0840 e. The zero-order valence-corrected chi connectivity index (χ0v) is 31.8. The fraction of sp³-hybridized carbons (Fsp3) is 0.111. The summed E-state index contributed by atoms with van der Waals surface area (Å²) < 4.78 is 0. The molecule has 8 aromatic rings. The minimum atomic E-state index is -0.381. The van der Waals surface area contributed by atoms with Crippen LogP contribution >= 0.6 is 0 Å². The monoisotopic (exact) mass is 702 g/mol. The Labute approximate surface area is 325 Å². The van der Waals surface area contributed by atoms with E-state index >= 15 is 0 Å². The van der Waals surface area contributed by atoms with Crippen LogP contribution < -0.4 is 16.4 Å². The van der Waals surface area contributed by atoms with Crippen molar-refractivity contribution in [2.24, 2.45) is 5.92 Å². The largest absolute Gasteiger partial charge is 0.243 e. The van der Waals surface area contributed by atoms with Crippen LogP contribution in [-0.4, -0.2) is 6.71 Å². The Bertz CT molecular complexity index is 2750. The number of aryl methyl sites for hydroxylation is 2. The van der Waals surface area contributed by atoms with Gasteiger partial charge in [-0.1, -0.05) is 223 Å². The Morgan fingerprint density at radius 1 is 0.545 bits per heavy atom. The Balaban J connectivity index is 1.25. The SMILES string of the molecule is Cc1ccc2ccccc2c1B(c1cccc(-c2cccc3c2-c2ccccc2C3(C2=CC=CCC2C)c2ccccc2)c1)c1c(C)ccc2ccccc12. The first-order valence-electron chi connectivity index (χ1n) is 19.8. The van der Waals surface area contributed by atoms with E-state index in [9.17, 15) is 0 Å². The Morgan fingerprint density at radius 2 is 1.15 bits per heavy atom. The lowest BCUT2D eigenvalue weighted by atomic mass is 9.34. The average molecular weight is 703 g/mol. The van der Waals surface area contributed by atoms with Gasteiger partial charge in [-0.3, -0.25) is 0 Å². The second kappa shape index (κ2) is 13.3. The molecule has 0 spiro atoms. The van der Waals surface area contributed by atoms with Gasteiger partial charge < -0.3 is 0 Å². The van der Waals surface area contributed by atoms with Crippen molar-refractivity contribution in [3.8, 4) is 22.3 Å². The van der Waals surface area contributed by atoms with Crippen LogP contribution in [0.2, 0.25) is 0 Å². The second-order valence-electron chi connectivity index (χ2n) is 15.7. The molecule has 0 saturated carbocycles. The summed E-state index contributed by atoms with van der Waals surface area (Å²) in [6.07, 6.45) is 8.05. The molecule has 2 aliphatic rings. The summed E-state index contributed by atoms with van der Waals surface area (Å²) in [4.78, 5) is 0. The summed E-state index contributed by atoms with van der Waals surface area (Å²) in [5.41, 5.74) is 17.1. The van der Waals surface area contributed by atoms with E-state index in [2.05, 4.69) is 209 Å². The van der Waals surface area contributed by atoms with E-state index in [1.165, 1.54) is 93.6 Å². The molecule has 10 rings (SSSR count). The summed E-state index contributed by atoms with van der Waals surface area (Å²) in [5, 5.41) is 5.18. The molecule has 1 heteroatoms. The average Bonchev–Trinajstić information content (AvgIpc) is 3.54.